The van der Waals surface area contributed by atoms with Crippen molar-refractivity contribution in [3.63, 3.8) is 0 Å². The summed E-state index contributed by atoms with van der Waals surface area (Å²) >= 11 is 0. The molecule has 0 radical (unpaired) electrons. The van der Waals surface area contributed by atoms with Gasteiger partial charge in [-0.2, -0.15) is 0 Å². The molecule has 0 spiro atoms. The van der Waals surface area contributed by atoms with E-state index in [2.05, 4.69) is 197 Å². The molecular weight excluding hydrogens is 629 g/mol. The normalized spacial score (nSPS) is 17.7. The van der Waals surface area contributed by atoms with Crippen LogP contribution in [0.5, 0.6) is 0 Å². The van der Waals surface area contributed by atoms with E-state index in [1.165, 1.54) is 83.5 Å². The summed E-state index contributed by atoms with van der Waals surface area (Å²) < 4.78 is 4.79. The average molecular weight is 663 g/mol. The Morgan fingerprint density at radius 3 is 1.83 bits per heavy atom. The van der Waals surface area contributed by atoms with Crippen molar-refractivity contribution in [2.45, 2.75) is 6.42 Å². The third kappa shape index (κ3) is 4.59. The van der Waals surface area contributed by atoms with Crippen LogP contribution in [0.4, 0.5) is 0 Å². The zero-order valence-corrected chi connectivity index (χ0v) is 28.6. The molecule has 0 bridgehead atoms. The number of aromatic nitrogens is 2. The Kier molecular flexibility index (Phi) is 6.43. The number of hydrogen-bond acceptors (Lipinski definition) is 0. The van der Waals surface area contributed by atoms with E-state index in [-0.39, 0.29) is 0 Å². The highest BCUT2D eigenvalue weighted by Gasteiger charge is 2.39. The van der Waals surface area contributed by atoms with Crippen LogP contribution in [0.2, 0.25) is 0 Å². The average Bonchev–Trinajstić information content (AvgIpc) is 3.91. The van der Waals surface area contributed by atoms with E-state index in [4.69, 9.17) is 0 Å². The molecule has 3 aliphatic carbocycles. The van der Waals surface area contributed by atoms with Crippen LogP contribution in [0.3, 0.4) is 0 Å². The number of hydrogen-bond donors (Lipinski definition) is 0. The van der Waals surface area contributed by atoms with E-state index < -0.39 is 0 Å². The lowest BCUT2D eigenvalue weighted by Gasteiger charge is -2.12. The molecule has 2 atom stereocenters. The van der Waals surface area contributed by atoms with Crippen molar-refractivity contribution in [1.82, 2.24) is 9.13 Å². The first-order chi connectivity index (χ1) is 25.8. The lowest BCUT2D eigenvalue weighted by molar-refractivity contribution is 0.998. The van der Waals surface area contributed by atoms with Crippen LogP contribution >= 0.6 is 0 Å². The molecule has 0 N–H and O–H groups in total. The maximum atomic E-state index is 3.45. The Hall–Kier alpha value is -6.60. The minimum Gasteiger partial charge on any atom is -0.309 e. The van der Waals surface area contributed by atoms with E-state index in [1.54, 1.807) is 0 Å². The monoisotopic (exact) mass is 662 g/mol. The number of nitrogens with zero attached hydrogens (tertiary/aromatic N) is 2. The minimum absolute atomic E-state index is 0.700. The van der Waals surface area contributed by atoms with Gasteiger partial charge in [0.25, 0.3) is 0 Å². The molecule has 244 valence electrons. The van der Waals surface area contributed by atoms with E-state index >= 15 is 0 Å². The summed E-state index contributed by atoms with van der Waals surface area (Å²) in [5, 5.41) is 5.02. The predicted octanol–water partition coefficient (Wildman–Crippen LogP) is 12.8. The van der Waals surface area contributed by atoms with E-state index in [9.17, 15) is 0 Å². The number of para-hydroxylation sites is 2. The Labute approximate surface area is 302 Å². The molecule has 11 rings (SSSR count). The van der Waals surface area contributed by atoms with Crippen LogP contribution < -0.4 is 0 Å². The molecule has 2 aromatic heterocycles. The van der Waals surface area contributed by atoms with Gasteiger partial charge in [-0.3, -0.25) is 0 Å². The topological polar surface area (TPSA) is 9.86 Å². The molecule has 52 heavy (non-hydrogen) atoms. The maximum Gasteiger partial charge on any atom is 0.0541 e. The molecule has 2 nitrogen and oxygen atoms in total. The van der Waals surface area contributed by atoms with Gasteiger partial charge in [-0.15, -0.1) is 5.73 Å². The Balaban J connectivity index is 1.01. The Morgan fingerprint density at radius 2 is 1.10 bits per heavy atom. The van der Waals surface area contributed by atoms with Gasteiger partial charge in [-0.1, -0.05) is 115 Å². The highest BCUT2D eigenvalue weighted by Crippen LogP contribution is 2.51. The molecule has 8 aromatic rings. The lowest BCUT2D eigenvalue weighted by Crippen LogP contribution is -1.96. The number of benzene rings is 6. The van der Waals surface area contributed by atoms with Crippen LogP contribution in [0.15, 0.2) is 188 Å². The van der Waals surface area contributed by atoms with Crippen molar-refractivity contribution in [2.24, 2.45) is 11.8 Å². The van der Waals surface area contributed by atoms with Crippen LogP contribution in [0.1, 0.15) is 17.5 Å². The Bertz CT molecular complexity index is 2950. The van der Waals surface area contributed by atoms with E-state index in [1.807, 2.05) is 0 Å². The number of rotatable bonds is 5. The van der Waals surface area contributed by atoms with Gasteiger partial charge in [0.05, 0.1) is 27.8 Å². The summed E-state index contributed by atoms with van der Waals surface area (Å²) in [6.07, 6.45) is 16.8. The molecule has 0 amide bonds. The van der Waals surface area contributed by atoms with Crippen molar-refractivity contribution in [2.75, 3.05) is 0 Å². The highest BCUT2D eigenvalue weighted by molar-refractivity contribution is 6.13. The molecule has 0 saturated heterocycles. The van der Waals surface area contributed by atoms with Crippen molar-refractivity contribution >= 4 is 60.5 Å². The van der Waals surface area contributed by atoms with Gasteiger partial charge in [0, 0.05) is 33.3 Å². The maximum absolute atomic E-state index is 3.45. The molecule has 2 unspecified atom stereocenters. The third-order valence-corrected chi connectivity index (χ3v) is 11.3. The third-order valence-electron chi connectivity index (χ3n) is 11.3. The first-order valence-electron chi connectivity index (χ1n) is 18.2. The highest BCUT2D eigenvalue weighted by atomic mass is 15.0. The first kappa shape index (κ1) is 29.2. The molecular formula is C50H34N2. The van der Waals surface area contributed by atoms with Crippen molar-refractivity contribution < 1.29 is 0 Å². The quantitative estimate of drug-likeness (QED) is 0.162. The summed E-state index contributed by atoms with van der Waals surface area (Å²) in [7, 11) is 0. The van der Waals surface area contributed by atoms with Crippen molar-refractivity contribution in [3.05, 3.63) is 199 Å². The zero-order chi connectivity index (χ0) is 34.2. The van der Waals surface area contributed by atoms with Crippen molar-refractivity contribution in [3.8, 4) is 16.8 Å². The minimum atomic E-state index is 0.700. The van der Waals surface area contributed by atoms with Crippen LogP contribution in [0.25, 0.3) is 77.3 Å². The molecule has 3 aliphatic rings. The second-order valence-corrected chi connectivity index (χ2v) is 14.3. The van der Waals surface area contributed by atoms with Gasteiger partial charge < -0.3 is 9.13 Å². The van der Waals surface area contributed by atoms with Gasteiger partial charge in [-0.05, 0) is 112 Å². The molecule has 0 aliphatic heterocycles. The number of fused-ring (bicyclic) bond motifs is 7. The van der Waals surface area contributed by atoms with Gasteiger partial charge in [0.2, 0.25) is 0 Å². The second kappa shape index (κ2) is 11.5. The second-order valence-electron chi connectivity index (χ2n) is 14.3. The van der Waals surface area contributed by atoms with E-state index in [0.29, 0.717) is 5.92 Å². The number of allylic oxidation sites excluding steroid dienone is 9. The van der Waals surface area contributed by atoms with Gasteiger partial charge in [0.15, 0.2) is 0 Å². The Morgan fingerprint density at radius 1 is 0.481 bits per heavy atom. The summed E-state index contributed by atoms with van der Waals surface area (Å²) in [4.78, 5) is 0. The largest absolute Gasteiger partial charge is 0.309 e. The fourth-order valence-corrected chi connectivity index (χ4v) is 8.62. The molecule has 1 fully saturated rings. The molecule has 2 heteroatoms. The molecule has 6 aromatic carbocycles. The lowest BCUT2D eigenvalue weighted by atomic mass is 9.97. The van der Waals surface area contributed by atoms with Crippen LogP contribution in [-0.2, 0) is 0 Å². The zero-order valence-electron chi connectivity index (χ0n) is 28.6. The summed E-state index contributed by atoms with van der Waals surface area (Å²) in [5.74, 6) is 1.44. The van der Waals surface area contributed by atoms with E-state index in [0.717, 1.165) is 17.2 Å². The first-order valence-corrected chi connectivity index (χ1v) is 18.2. The van der Waals surface area contributed by atoms with Crippen LogP contribution in [-0.4, -0.2) is 9.13 Å². The predicted molar refractivity (Wildman–Crippen MR) is 219 cm³/mol. The summed E-state index contributed by atoms with van der Waals surface area (Å²) in [5.41, 5.74) is 18.2. The summed E-state index contributed by atoms with van der Waals surface area (Å²) in [6.45, 7) is 0. The smallest absolute Gasteiger partial charge is 0.0541 e. The summed E-state index contributed by atoms with van der Waals surface area (Å²) in [6, 6.07) is 51.2. The fraction of sp³-hybridized carbons (Fsp3) is 0.0600. The molecule has 2 heterocycles. The van der Waals surface area contributed by atoms with Crippen LogP contribution in [0, 0.1) is 11.8 Å². The fourth-order valence-electron chi connectivity index (χ4n) is 8.62. The van der Waals surface area contributed by atoms with Gasteiger partial charge >= 0.3 is 0 Å². The molecule has 1 saturated carbocycles. The van der Waals surface area contributed by atoms with Gasteiger partial charge in [0.1, 0.15) is 0 Å². The van der Waals surface area contributed by atoms with Gasteiger partial charge in [-0.25, -0.2) is 0 Å². The van der Waals surface area contributed by atoms with Crippen molar-refractivity contribution in [1.29, 1.82) is 0 Å². The SMILES string of the molecule is C1=CC(c2ccccc2)=CC=C(n2c3ccccc3c3cc(-c4ccc5c(c4)c4ccccc4n5-c4ccc(C5=CC=CC6CC56)cc4)ccc32)C=1. The standard InChI is InChI=1S/C50H34N2/c1-2-10-33(11-3-1)34-12-8-14-39(25-20-34)51-47-18-6-4-15-42(47)45-30-36(23-28-49(45)51)37-24-29-50-46(31-37)43-16-5-7-19-48(43)52(50)40-26-21-35(22-27-40)41-17-9-13-38-32-44(38)41/h1-7,9-31,38,44H,32H2.